The van der Waals surface area contributed by atoms with Crippen molar-refractivity contribution < 1.29 is 18.7 Å². The molecule has 0 unspecified atom stereocenters. The van der Waals surface area contributed by atoms with Gasteiger partial charge in [-0.3, -0.25) is 14.3 Å². The summed E-state index contributed by atoms with van der Waals surface area (Å²) >= 11 is 0. The first-order chi connectivity index (χ1) is 21.4. The molecule has 0 saturated heterocycles. The zero-order valence-electron chi connectivity index (χ0n) is 28.0. The van der Waals surface area contributed by atoms with E-state index in [-0.39, 0.29) is 17.6 Å². The minimum atomic E-state index is -1.21. The number of pyridine rings is 1. The number of hydrogen-bond acceptors (Lipinski definition) is 6. The Kier molecular flexibility index (Phi) is 11.7. The number of amides is 2. The van der Waals surface area contributed by atoms with Gasteiger partial charge in [0, 0.05) is 44.2 Å². The fourth-order valence-electron chi connectivity index (χ4n) is 6.02. The van der Waals surface area contributed by atoms with Crippen LogP contribution in [0.2, 0.25) is 25.7 Å². The molecule has 45 heavy (non-hydrogen) atoms. The van der Waals surface area contributed by atoms with Gasteiger partial charge in [-0.2, -0.15) is 14.6 Å². The SMILES string of the molecule is CCCn1nccc1C(=O)N[C@H](C(=O)Nc1ccc(-c2c(C)nn(COCC[Si](C)(C)C)c2CC)c(F)n1)C1CCC(C)CC1. The van der Waals surface area contributed by atoms with Crippen LogP contribution in [0.15, 0.2) is 24.4 Å². The lowest BCUT2D eigenvalue weighted by Gasteiger charge is -2.32. The first kappa shape index (κ1) is 34.5. The first-order valence-electron chi connectivity index (χ1n) is 16.4. The number of rotatable bonds is 14. The second kappa shape index (κ2) is 15.3. The number of hydrogen-bond donors (Lipinski definition) is 2. The molecule has 3 heterocycles. The lowest BCUT2D eigenvalue weighted by molar-refractivity contribution is -0.119. The summed E-state index contributed by atoms with van der Waals surface area (Å²) < 4.78 is 25.0. The molecule has 4 rings (SSSR count). The van der Waals surface area contributed by atoms with Crippen LogP contribution in [0, 0.1) is 24.7 Å². The molecule has 1 atom stereocenters. The third kappa shape index (κ3) is 8.87. The summed E-state index contributed by atoms with van der Waals surface area (Å²) in [6.45, 7) is 16.6. The van der Waals surface area contributed by atoms with Crippen molar-refractivity contribution in [1.29, 1.82) is 0 Å². The molecule has 10 nitrogen and oxygen atoms in total. The van der Waals surface area contributed by atoms with E-state index in [1.807, 2.05) is 20.8 Å². The quantitative estimate of drug-likeness (QED) is 0.119. The van der Waals surface area contributed by atoms with Gasteiger partial charge in [0.1, 0.15) is 24.3 Å². The molecule has 3 aromatic rings. The van der Waals surface area contributed by atoms with Gasteiger partial charge in [-0.05, 0) is 68.7 Å². The summed E-state index contributed by atoms with van der Waals surface area (Å²) in [5, 5.41) is 14.7. The van der Waals surface area contributed by atoms with Crippen LogP contribution in [0.1, 0.15) is 74.8 Å². The van der Waals surface area contributed by atoms with Gasteiger partial charge < -0.3 is 15.4 Å². The van der Waals surface area contributed by atoms with Gasteiger partial charge >= 0.3 is 0 Å². The van der Waals surface area contributed by atoms with Gasteiger partial charge in [-0.25, -0.2) is 9.67 Å². The van der Waals surface area contributed by atoms with Crippen LogP contribution in [0.25, 0.3) is 11.1 Å². The van der Waals surface area contributed by atoms with Gasteiger partial charge in [0.25, 0.3) is 5.91 Å². The predicted molar refractivity (Wildman–Crippen MR) is 177 cm³/mol. The minimum absolute atomic E-state index is 0.0367. The van der Waals surface area contributed by atoms with E-state index < -0.39 is 26.0 Å². The van der Waals surface area contributed by atoms with E-state index in [0.717, 1.165) is 43.8 Å². The van der Waals surface area contributed by atoms with E-state index in [4.69, 9.17) is 4.74 Å². The number of ether oxygens (including phenoxy) is 1. The van der Waals surface area contributed by atoms with Crippen molar-refractivity contribution in [3.63, 3.8) is 0 Å². The number of anilines is 1. The van der Waals surface area contributed by atoms with Crippen molar-refractivity contribution in [1.82, 2.24) is 29.9 Å². The lowest BCUT2D eigenvalue weighted by atomic mass is 9.79. The highest BCUT2D eigenvalue weighted by atomic mass is 28.3. The molecule has 1 saturated carbocycles. The first-order valence-corrected chi connectivity index (χ1v) is 20.1. The van der Waals surface area contributed by atoms with Crippen LogP contribution < -0.4 is 10.6 Å². The van der Waals surface area contributed by atoms with Crippen molar-refractivity contribution in [2.45, 2.75) is 111 Å². The van der Waals surface area contributed by atoms with Gasteiger partial charge in [0.15, 0.2) is 0 Å². The molecule has 0 radical (unpaired) electrons. The maximum atomic E-state index is 15.6. The second-order valence-corrected chi connectivity index (χ2v) is 19.2. The van der Waals surface area contributed by atoms with Crippen molar-refractivity contribution in [3.8, 4) is 11.1 Å². The Morgan fingerprint density at radius 3 is 2.49 bits per heavy atom. The smallest absolute Gasteiger partial charge is 0.270 e. The van der Waals surface area contributed by atoms with E-state index >= 15 is 4.39 Å². The average Bonchev–Trinajstić information content (AvgIpc) is 3.58. The number of aromatic nitrogens is 5. The van der Waals surface area contributed by atoms with Crippen molar-refractivity contribution in [2.75, 3.05) is 11.9 Å². The van der Waals surface area contributed by atoms with Gasteiger partial charge in [-0.15, -0.1) is 0 Å². The molecule has 1 fully saturated rings. The van der Waals surface area contributed by atoms with E-state index in [1.165, 1.54) is 0 Å². The monoisotopic (exact) mass is 639 g/mol. The number of aryl methyl sites for hydroxylation is 2. The Labute approximate surface area is 267 Å². The molecule has 0 spiro atoms. The molecule has 2 N–H and O–H groups in total. The number of halogens is 1. The van der Waals surface area contributed by atoms with E-state index in [1.54, 1.807) is 33.8 Å². The number of nitrogens with one attached hydrogen (secondary N) is 2. The molecule has 2 amide bonds. The predicted octanol–water partition coefficient (Wildman–Crippen LogP) is 6.44. The molecule has 1 aliphatic carbocycles. The van der Waals surface area contributed by atoms with Gasteiger partial charge in [-0.1, -0.05) is 53.3 Å². The van der Waals surface area contributed by atoms with E-state index in [2.05, 4.69) is 52.4 Å². The Morgan fingerprint density at radius 1 is 1.11 bits per heavy atom. The van der Waals surface area contributed by atoms with Crippen molar-refractivity contribution in [2.24, 2.45) is 11.8 Å². The number of carbonyl (C=O) groups excluding carboxylic acids is 2. The summed E-state index contributed by atoms with van der Waals surface area (Å²) in [4.78, 5) is 31.1. The van der Waals surface area contributed by atoms with Crippen LogP contribution in [0.5, 0.6) is 0 Å². The van der Waals surface area contributed by atoms with Crippen LogP contribution in [0.4, 0.5) is 10.2 Å². The Morgan fingerprint density at radius 2 is 1.84 bits per heavy atom. The molecule has 1 aliphatic rings. The third-order valence-corrected chi connectivity index (χ3v) is 10.3. The highest BCUT2D eigenvalue weighted by Gasteiger charge is 2.34. The molecular weight excluding hydrogens is 589 g/mol. The summed E-state index contributed by atoms with van der Waals surface area (Å²) in [5.74, 6) is -0.812. The standard InChI is InChI=1S/C33H50FN7O3Si/c1-8-18-40-27(16-17-35-40)32(42)38-30(24-12-10-22(3)11-13-24)33(43)37-28-15-14-25(31(34)36-28)29-23(4)39-41(26(29)9-2)21-44-19-20-45(5,6)7/h14-17,22,24,30H,8-13,18-21H2,1-7H3,(H,38,42)(H,36,37,43)/t22?,24?,30-/m0/s1. The molecule has 12 heteroatoms. The van der Waals surface area contributed by atoms with Crippen molar-refractivity contribution >= 4 is 25.7 Å². The molecule has 0 aliphatic heterocycles. The molecule has 0 aromatic carbocycles. The Hall–Kier alpha value is -3.38. The van der Waals surface area contributed by atoms with E-state index in [9.17, 15) is 9.59 Å². The summed E-state index contributed by atoms with van der Waals surface area (Å²) in [7, 11) is -1.21. The maximum absolute atomic E-state index is 15.6. The molecular formula is C33H50FN7O3Si. The topological polar surface area (TPSA) is 116 Å². The van der Waals surface area contributed by atoms with Gasteiger partial charge in [0.05, 0.1) is 5.69 Å². The summed E-state index contributed by atoms with van der Waals surface area (Å²) in [6.07, 6.45) is 6.66. The zero-order valence-corrected chi connectivity index (χ0v) is 29.0. The lowest BCUT2D eigenvalue weighted by Crippen LogP contribution is -2.49. The largest absolute Gasteiger partial charge is 0.360 e. The highest BCUT2D eigenvalue weighted by Crippen LogP contribution is 2.32. The molecule has 3 aromatic heterocycles. The van der Waals surface area contributed by atoms with Crippen molar-refractivity contribution in [3.05, 3.63) is 47.4 Å². The Bertz CT molecular complexity index is 1460. The zero-order chi connectivity index (χ0) is 32.7. The van der Waals surface area contributed by atoms with Crippen LogP contribution in [-0.4, -0.2) is 57.1 Å². The van der Waals surface area contributed by atoms with Gasteiger partial charge in [0.2, 0.25) is 11.9 Å². The summed E-state index contributed by atoms with van der Waals surface area (Å²) in [5.41, 5.74) is 2.99. The highest BCUT2D eigenvalue weighted by molar-refractivity contribution is 6.76. The van der Waals surface area contributed by atoms with Crippen LogP contribution in [0.3, 0.4) is 0 Å². The summed E-state index contributed by atoms with van der Waals surface area (Å²) in [6, 6.07) is 5.17. The minimum Gasteiger partial charge on any atom is -0.360 e. The average molecular weight is 640 g/mol. The fourth-order valence-corrected chi connectivity index (χ4v) is 6.77. The fraction of sp³-hybridized carbons (Fsp3) is 0.606. The van der Waals surface area contributed by atoms with E-state index in [0.29, 0.717) is 54.7 Å². The Balaban J connectivity index is 1.52. The number of carbonyl (C=O) groups is 2. The second-order valence-electron chi connectivity index (χ2n) is 13.5. The molecule has 246 valence electrons. The van der Waals surface area contributed by atoms with Crippen LogP contribution >= 0.6 is 0 Å². The van der Waals surface area contributed by atoms with Crippen LogP contribution in [-0.2, 0) is 29.2 Å². The molecule has 0 bridgehead atoms. The maximum Gasteiger partial charge on any atom is 0.270 e. The number of nitrogens with zero attached hydrogens (tertiary/aromatic N) is 5. The third-order valence-electron chi connectivity index (χ3n) is 8.63. The normalized spacial score (nSPS) is 17.7.